The molecular formula is C13H14BrN3O4S. The second-order valence-electron chi connectivity index (χ2n) is 4.59. The van der Waals surface area contributed by atoms with Crippen molar-refractivity contribution < 1.29 is 18.3 Å². The van der Waals surface area contributed by atoms with Crippen LogP contribution in [0.1, 0.15) is 11.3 Å². The molecule has 2 rings (SSSR count). The molecule has 118 valence electrons. The van der Waals surface area contributed by atoms with E-state index < -0.39 is 16.1 Å². The first-order chi connectivity index (χ1) is 10.3. The van der Waals surface area contributed by atoms with E-state index in [0.717, 1.165) is 9.67 Å². The Morgan fingerprint density at radius 3 is 2.77 bits per heavy atom. The molecule has 0 aliphatic carbocycles. The largest absolute Gasteiger partial charge is 0.465 e. The average molecular weight is 388 g/mol. The van der Waals surface area contributed by atoms with Crippen molar-refractivity contribution in [3.05, 3.63) is 46.5 Å². The van der Waals surface area contributed by atoms with Crippen LogP contribution in [0.4, 0.5) is 4.79 Å². The summed E-state index contributed by atoms with van der Waals surface area (Å²) >= 11 is 3.21. The van der Waals surface area contributed by atoms with E-state index in [1.54, 1.807) is 19.1 Å². The SMILES string of the molecule is Cc1ccc(S(=O)(=O)n2cc(CCNC(=O)O)cc2Br)cn1. The van der Waals surface area contributed by atoms with E-state index in [1.807, 2.05) is 0 Å². The number of nitrogens with one attached hydrogen (secondary N) is 1. The second-order valence-corrected chi connectivity index (χ2v) is 7.22. The Balaban J connectivity index is 2.26. The van der Waals surface area contributed by atoms with E-state index >= 15 is 0 Å². The van der Waals surface area contributed by atoms with Crippen LogP contribution in [-0.4, -0.2) is 35.1 Å². The quantitative estimate of drug-likeness (QED) is 0.816. The summed E-state index contributed by atoms with van der Waals surface area (Å²) in [4.78, 5) is 14.5. The molecular weight excluding hydrogens is 374 g/mol. The molecule has 2 heterocycles. The fourth-order valence-electron chi connectivity index (χ4n) is 1.82. The number of rotatable bonds is 5. The Bertz CT molecular complexity index is 784. The fourth-order valence-corrected chi connectivity index (χ4v) is 4.00. The van der Waals surface area contributed by atoms with Crippen molar-refractivity contribution in [3.63, 3.8) is 0 Å². The molecule has 9 heteroatoms. The van der Waals surface area contributed by atoms with Crippen LogP contribution in [0.15, 0.2) is 40.1 Å². The zero-order valence-electron chi connectivity index (χ0n) is 11.7. The van der Waals surface area contributed by atoms with E-state index in [4.69, 9.17) is 5.11 Å². The zero-order chi connectivity index (χ0) is 16.3. The van der Waals surface area contributed by atoms with Gasteiger partial charge in [-0.2, -0.15) is 0 Å². The van der Waals surface area contributed by atoms with Crippen molar-refractivity contribution in [2.24, 2.45) is 0 Å². The Hall–Kier alpha value is -1.87. The highest BCUT2D eigenvalue weighted by Gasteiger charge is 2.20. The molecule has 0 bridgehead atoms. The van der Waals surface area contributed by atoms with Crippen molar-refractivity contribution >= 4 is 32.0 Å². The number of nitrogens with zero attached hydrogens (tertiary/aromatic N) is 2. The van der Waals surface area contributed by atoms with Crippen molar-refractivity contribution in [3.8, 4) is 0 Å². The van der Waals surface area contributed by atoms with Gasteiger partial charge < -0.3 is 10.4 Å². The van der Waals surface area contributed by atoms with Crippen molar-refractivity contribution in [1.29, 1.82) is 0 Å². The summed E-state index contributed by atoms with van der Waals surface area (Å²) < 4.78 is 26.6. The van der Waals surface area contributed by atoms with Gasteiger partial charge in [-0.3, -0.25) is 4.98 Å². The van der Waals surface area contributed by atoms with Crippen molar-refractivity contribution in [2.45, 2.75) is 18.2 Å². The predicted octanol–water partition coefficient (Wildman–Crippen LogP) is 2.00. The summed E-state index contributed by atoms with van der Waals surface area (Å²) in [6.07, 6.45) is 2.04. The Morgan fingerprint density at radius 2 is 2.18 bits per heavy atom. The minimum absolute atomic E-state index is 0.0876. The lowest BCUT2D eigenvalue weighted by molar-refractivity contribution is 0.194. The molecule has 1 amide bonds. The van der Waals surface area contributed by atoms with Crippen LogP contribution in [0, 0.1) is 6.92 Å². The predicted molar refractivity (Wildman–Crippen MR) is 83.4 cm³/mol. The molecule has 0 fully saturated rings. The smallest absolute Gasteiger partial charge is 0.404 e. The average Bonchev–Trinajstić information content (AvgIpc) is 2.80. The number of hydrogen-bond acceptors (Lipinski definition) is 4. The van der Waals surface area contributed by atoms with Gasteiger partial charge in [0.15, 0.2) is 0 Å². The topological polar surface area (TPSA) is 101 Å². The number of aryl methyl sites for hydroxylation is 1. The van der Waals surface area contributed by atoms with Crippen molar-refractivity contribution in [1.82, 2.24) is 14.3 Å². The maximum Gasteiger partial charge on any atom is 0.404 e. The summed E-state index contributed by atoms with van der Waals surface area (Å²) in [6.45, 7) is 1.98. The van der Waals surface area contributed by atoms with Gasteiger partial charge in [0, 0.05) is 24.6 Å². The minimum atomic E-state index is -3.74. The molecule has 2 N–H and O–H groups in total. The van der Waals surface area contributed by atoms with Crippen LogP contribution in [0.2, 0.25) is 0 Å². The number of pyridine rings is 1. The van der Waals surface area contributed by atoms with Gasteiger partial charge in [-0.25, -0.2) is 17.2 Å². The standard InChI is InChI=1S/C13H14BrN3O4S/c1-9-2-3-11(7-16-9)22(20,21)17-8-10(6-12(17)14)4-5-15-13(18)19/h2-3,6-8,15H,4-5H2,1H3,(H,18,19). The number of amides is 1. The molecule has 2 aromatic rings. The van der Waals surface area contributed by atoms with Gasteiger partial charge in [0.25, 0.3) is 10.0 Å². The molecule has 0 radical (unpaired) electrons. The van der Waals surface area contributed by atoms with Crippen molar-refractivity contribution in [2.75, 3.05) is 6.54 Å². The maximum absolute atomic E-state index is 12.5. The molecule has 0 aromatic carbocycles. The van der Waals surface area contributed by atoms with Gasteiger partial charge in [-0.1, -0.05) is 0 Å². The summed E-state index contributed by atoms with van der Waals surface area (Å²) in [5.74, 6) is 0. The van der Waals surface area contributed by atoms with Crippen LogP contribution in [0.5, 0.6) is 0 Å². The van der Waals surface area contributed by atoms with Crippen LogP contribution in [0.25, 0.3) is 0 Å². The van der Waals surface area contributed by atoms with Gasteiger partial charge in [-0.15, -0.1) is 0 Å². The van der Waals surface area contributed by atoms with Gasteiger partial charge in [-0.05, 0) is 53.0 Å². The van der Waals surface area contributed by atoms with Gasteiger partial charge in [0.1, 0.15) is 9.50 Å². The van der Waals surface area contributed by atoms with Crippen LogP contribution < -0.4 is 5.32 Å². The Kier molecular flexibility index (Phi) is 4.87. The van der Waals surface area contributed by atoms with Crippen LogP contribution in [0.3, 0.4) is 0 Å². The highest BCUT2D eigenvalue weighted by Crippen LogP contribution is 2.22. The van der Waals surface area contributed by atoms with E-state index in [0.29, 0.717) is 16.6 Å². The molecule has 0 aliphatic heterocycles. The minimum Gasteiger partial charge on any atom is -0.465 e. The molecule has 0 saturated heterocycles. The molecule has 0 unspecified atom stereocenters. The molecule has 0 atom stereocenters. The highest BCUT2D eigenvalue weighted by molar-refractivity contribution is 9.10. The molecule has 7 nitrogen and oxygen atoms in total. The molecule has 0 aliphatic rings. The highest BCUT2D eigenvalue weighted by atomic mass is 79.9. The zero-order valence-corrected chi connectivity index (χ0v) is 14.1. The van der Waals surface area contributed by atoms with Gasteiger partial charge >= 0.3 is 6.09 Å². The maximum atomic E-state index is 12.5. The number of aromatic nitrogens is 2. The molecule has 2 aromatic heterocycles. The Labute approximate surface area is 136 Å². The summed E-state index contributed by atoms with van der Waals surface area (Å²) in [6, 6.07) is 4.76. The first-order valence-electron chi connectivity index (χ1n) is 6.32. The van der Waals surface area contributed by atoms with E-state index in [1.165, 1.54) is 18.5 Å². The molecule has 22 heavy (non-hydrogen) atoms. The third-order valence-corrected chi connectivity index (χ3v) is 5.43. The lowest BCUT2D eigenvalue weighted by Gasteiger charge is -2.07. The lowest BCUT2D eigenvalue weighted by atomic mass is 10.2. The van der Waals surface area contributed by atoms with Gasteiger partial charge in [0.05, 0.1) is 0 Å². The second kappa shape index (κ2) is 6.49. The third-order valence-electron chi connectivity index (χ3n) is 2.93. The number of carboxylic acid groups (broad SMARTS) is 1. The lowest BCUT2D eigenvalue weighted by Crippen LogP contribution is -2.23. The monoisotopic (exact) mass is 387 g/mol. The third kappa shape index (κ3) is 3.66. The fraction of sp³-hybridized carbons (Fsp3) is 0.231. The van der Waals surface area contributed by atoms with E-state index in [-0.39, 0.29) is 11.4 Å². The summed E-state index contributed by atoms with van der Waals surface area (Å²) in [5.41, 5.74) is 1.43. The van der Waals surface area contributed by atoms with E-state index in [9.17, 15) is 13.2 Å². The van der Waals surface area contributed by atoms with Crippen LogP contribution >= 0.6 is 15.9 Å². The van der Waals surface area contributed by atoms with Gasteiger partial charge in [0.2, 0.25) is 0 Å². The van der Waals surface area contributed by atoms with E-state index in [2.05, 4.69) is 26.2 Å². The molecule has 0 saturated carbocycles. The molecule has 0 spiro atoms. The number of hydrogen-bond donors (Lipinski definition) is 2. The summed E-state index contributed by atoms with van der Waals surface area (Å²) in [5, 5.41) is 10.8. The van der Waals surface area contributed by atoms with Crippen LogP contribution in [-0.2, 0) is 16.4 Å². The summed E-state index contributed by atoms with van der Waals surface area (Å²) in [7, 11) is -3.74. The number of halogens is 1. The number of carbonyl (C=O) groups is 1. The first kappa shape index (κ1) is 16.5. The first-order valence-corrected chi connectivity index (χ1v) is 8.56. The Morgan fingerprint density at radius 1 is 1.45 bits per heavy atom. The normalized spacial score (nSPS) is 11.4.